The zero-order chi connectivity index (χ0) is 15.9. The number of carbonyl (C=O) groups excluding carboxylic acids is 1. The normalized spacial score (nSPS) is 12.5. The number of rotatable bonds is 8. The summed E-state index contributed by atoms with van der Waals surface area (Å²) in [6, 6.07) is 6.78. The molecule has 116 valence electrons. The summed E-state index contributed by atoms with van der Waals surface area (Å²) in [5.74, 6) is 1.04. The number of amides is 1. The van der Waals surface area contributed by atoms with Crippen molar-refractivity contribution in [3.05, 3.63) is 42.5 Å². The van der Waals surface area contributed by atoms with Crippen LogP contribution in [0.2, 0.25) is 0 Å². The minimum atomic E-state index is -3.31. The Morgan fingerprint density at radius 1 is 1.48 bits per heavy atom. The van der Waals surface area contributed by atoms with Crippen molar-refractivity contribution in [1.82, 2.24) is 5.32 Å². The maximum Gasteiger partial charge on any atom is 0.230 e. The fourth-order valence-corrected chi connectivity index (χ4v) is 2.80. The molecule has 7 heteroatoms. The molecule has 1 aromatic carbocycles. The third-order valence-corrected chi connectivity index (χ3v) is 4.08. The van der Waals surface area contributed by atoms with Crippen LogP contribution in [0.25, 0.3) is 0 Å². The Bertz CT molecular complexity index is 600. The van der Waals surface area contributed by atoms with Crippen LogP contribution in [0.15, 0.2) is 36.9 Å². The zero-order valence-electron chi connectivity index (χ0n) is 12.1. The average molecular weight is 328 g/mol. The molecule has 0 spiro atoms. The van der Waals surface area contributed by atoms with Gasteiger partial charge in [-0.1, -0.05) is 18.2 Å². The molecule has 0 aromatic heterocycles. The highest BCUT2D eigenvalue weighted by atomic mass is 32.2. The van der Waals surface area contributed by atoms with E-state index in [1.807, 2.05) is 13.0 Å². The third kappa shape index (κ3) is 7.19. The van der Waals surface area contributed by atoms with E-state index in [1.54, 1.807) is 24.3 Å². The molecule has 0 saturated heterocycles. The molecule has 1 aromatic rings. The summed E-state index contributed by atoms with van der Waals surface area (Å²) in [5, 5.41) is 2.87. The number of anilines is 1. The van der Waals surface area contributed by atoms with E-state index in [0.29, 0.717) is 11.4 Å². The Hall–Kier alpha value is -1.47. The smallest absolute Gasteiger partial charge is 0.230 e. The molecule has 0 aliphatic carbocycles. The van der Waals surface area contributed by atoms with Crippen LogP contribution >= 0.6 is 11.8 Å². The van der Waals surface area contributed by atoms with E-state index in [-0.39, 0.29) is 11.9 Å². The van der Waals surface area contributed by atoms with Gasteiger partial charge in [-0.05, 0) is 24.6 Å². The van der Waals surface area contributed by atoms with E-state index >= 15 is 0 Å². The Balaban J connectivity index is 2.65. The Morgan fingerprint density at radius 3 is 2.81 bits per heavy atom. The molecule has 0 heterocycles. The van der Waals surface area contributed by atoms with Gasteiger partial charge in [0.25, 0.3) is 0 Å². The highest BCUT2D eigenvalue weighted by Crippen LogP contribution is 2.18. The Kier molecular flexibility index (Phi) is 6.77. The molecule has 0 saturated carbocycles. The monoisotopic (exact) mass is 328 g/mol. The molecule has 1 amide bonds. The minimum Gasteiger partial charge on any atom is -0.349 e. The van der Waals surface area contributed by atoms with Gasteiger partial charge < -0.3 is 5.32 Å². The van der Waals surface area contributed by atoms with Crippen molar-refractivity contribution in [1.29, 1.82) is 0 Å². The lowest BCUT2D eigenvalue weighted by atomic mass is 10.1. The van der Waals surface area contributed by atoms with E-state index in [9.17, 15) is 13.2 Å². The molecule has 1 atom stereocenters. The van der Waals surface area contributed by atoms with Crippen LogP contribution in [0.3, 0.4) is 0 Å². The molecule has 21 heavy (non-hydrogen) atoms. The van der Waals surface area contributed by atoms with Gasteiger partial charge in [0.15, 0.2) is 0 Å². The van der Waals surface area contributed by atoms with Crippen molar-refractivity contribution in [2.75, 3.05) is 22.5 Å². The summed E-state index contributed by atoms with van der Waals surface area (Å²) < 4.78 is 24.8. The van der Waals surface area contributed by atoms with Crippen LogP contribution < -0.4 is 10.0 Å². The van der Waals surface area contributed by atoms with Gasteiger partial charge in [-0.2, -0.15) is 0 Å². The number of carbonyl (C=O) groups is 1. The van der Waals surface area contributed by atoms with E-state index in [1.165, 1.54) is 11.8 Å². The molecule has 1 unspecified atom stereocenters. The van der Waals surface area contributed by atoms with Gasteiger partial charge in [0.05, 0.1) is 18.1 Å². The van der Waals surface area contributed by atoms with E-state index in [2.05, 4.69) is 16.6 Å². The summed E-state index contributed by atoms with van der Waals surface area (Å²) in [6.07, 6.45) is 2.85. The van der Waals surface area contributed by atoms with Crippen molar-refractivity contribution in [2.24, 2.45) is 0 Å². The van der Waals surface area contributed by atoms with Gasteiger partial charge in [-0.3, -0.25) is 9.52 Å². The Morgan fingerprint density at radius 2 is 2.19 bits per heavy atom. The molecule has 0 fully saturated rings. The molecule has 2 N–H and O–H groups in total. The van der Waals surface area contributed by atoms with Gasteiger partial charge in [0, 0.05) is 11.4 Å². The maximum atomic E-state index is 11.7. The van der Waals surface area contributed by atoms with Crippen molar-refractivity contribution in [3.8, 4) is 0 Å². The molecule has 0 aliphatic rings. The predicted molar refractivity (Wildman–Crippen MR) is 89.0 cm³/mol. The van der Waals surface area contributed by atoms with Crippen LogP contribution in [0, 0.1) is 0 Å². The molecule has 1 rings (SSSR count). The summed E-state index contributed by atoms with van der Waals surface area (Å²) in [7, 11) is -3.31. The largest absolute Gasteiger partial charge is 0.349 e. The van der Waals surface area contributed by atoms with Crippen LogP contribution in [-0.2, 0) is 14.8 Å². The fraction of sp³-hybridized carbons (Fsp3) is 0.357. The van der Waals surface area contributed by atoms with Crippen LogP contribution in [0.4, 0.5) is 5.69 Å². The van der Waals surface area contributed by atoms with Crippen LogP contribution in [-0.4, -0.2) is 32.1 Å². The average Bonchev–Trinajstić information content (AvgIpc) is 2.37. The SMILES string of the molecule is C=CCSCC(=O)NC(C)c1cccc(NS(C)(=O)=O)c1. The lowest BCUT2D eigenvalue weighted by molar-refractivity contribution is -0.119. The first-order valence-corrected chi connectivity index (χ1v) is 9.42. The van der Waals surface area contributed by atoms with E-state index < -0.39 is 10.0 Å². The maximum absolute atomic E-state index is 11.7. The molecule has 5 nitrogen and oxygen atoms in total. The van der Waals surface area contributed by atoms with Crippen molar-refractivity contribution >= 4 is 33.4 Å². The second-order valence-electron chi connectivity index (χ2n) is 4.59. The Labute approximate surface area is 130 Å². The molecule has 0 bridgehead atoms. The van der Waals surface area contributed by atoms with Crippen LogP contribution in [0.1, 0.15) is 18.5 Å². The van der Waals surface area contributed by atoms with Crippen molar-refractivity contribution in [2.45, 2.75) is 13.0 Å². The summed E-state index contributed by atoms with van der Waals surface area (Å²) in [5.41, 5.74) is 1.32. The number of nitrogens with one attached hydrogen (secondary N) is 2. The van der Waals surface area contributed by atoms with Crippen molar-refractivity contribution < 1.29 is 13.2 Å². The van der Waals surface area contributed by atoms with E-state index in [4.69, 9.17) is 0 Å². The van der Waals surface area contributed by atoms with Gasteiger partial charge in [0.1, 0.15) is 0 Å². The minimum absolute atomic E-state index is 0.0594. The van der Waals surface area contributed by atoms with Gasteiger partial charge in [0.2, 0.25) is 15.9 Å². The van der Waals surface area contributed by atoms with Gasteiger partial charge in [-0.15, -0.1) is 18.3 Å². The second-order valence-corrected chi connectivity index (χ2v) is 7.37. The number of thioether (sulfide) groups is 1. The number of hydrogen-bond acceptors (Lipinski definition) is 4. The molecular formula is C14H20N2O3S2. The fourth-order valence-electron chi connectivity index (χ4n) is 1.69. The summed E-state index contributed by atoms with van der Waals surface area (Å²) >= 11 is 1.49. The lowest BCUT2D eigenvalue weighted by Gasteiger charge is -2.15. The standard InChI is InChI=1S/C14H20N2O3S2/c1-4-8-20-10-14(17)15-11(2)12-6-5-7-13(9-12)16-21(3,18)19/h4-7,9,11,16H,1,8,10H2,2-3H3,(H,15,17). The van der Waals surface area contributed by atoms with Crippen LogP contribution in [0.5, 0.6) is 0 Å². The first-order valence-electron chi connectivity index (χ1n) is 6.37. The number of benzene rings is 1. The number of sulfonamides is 1. The molecule has 0 radical (unpaired) electrons. The second kappa shape index (κ2) is 8.09. The highest BCUT2D eigenvalue weighted by molar-refractivity contribution is 8.00. The highest BCUT2D eigenvalue weighted by Gasteiger charge is 2.10. The summed E-state index contributed by atoms with van der Waals surface area (Å²) in [4.78, 5) is 11.7. The first-order chi connectivity index (χ1) is 9.81. The van der Waals surface area contributed by atoms with Crippen molar-refractivity contribution in [3.63, 3.8) is 0 Å². The first kappa shape index (κ1) is 17.6. The summed E-state index contributed by atoms with van der Waals surface area (Å²) in [6.45, 7) is 5.45. The lowest BCUT2D eigenvalue weighted by Crippen LogP contribution is -2.28. The predicted octanol–water partition coefficient (Wildman–Crippen LogP) is 2.15. The van der Waals surface area contributed by atoms with Gasteiger partial charge in [-0.25, -0.2) is 8.42 Å². The molecular weight excluding hydrogens is 308 g/mol. The number of hydrogen-bond donors (Lipinski definition) is 2. The quantitative estimate of drug-likeness (QED) is 0.566. The molecule has 0 aliphatic heterocycles. The third-order valence-electron chi connectivity index (χ3n) is 2.54. The topological polar surface area (TPSA) is 75.3 Å². The van der Waals surface area contributed by atoms with E-state index in [0.717, 1.165) is 17.6 Å². The zero-order valence-corrected chi connectivity index (χ0v) is 13.8. The van der Waals surface area contributed by atoms with Gasteiger partial charge >= 0.3 is 0 Å².